The van der Waals surface area contributed by atoms with Crippen LogP contribution in [0.2, 0.25) is 0 Å². The molecule has 0 fully saturated rings. The molecule has 0 saturated carbocycles. The van der Waals surface area contributed by atoms with Crippen molar-refractivity contribution in [1.82, 2.24) is 5.32 Å². The van der Waals surface area contributed by atoms with Gasteiger partial charge in [-0.05, 0) is 61.1 Å². The maximum absolute atomic E-state index is 9.04. The second-order valence-corrected chi connectivity index (χ2v) is 5.90. The monoisotopic (exact) mass is 334 g/mol. The van der Waals surface area contributed by atoms with Crippen molar-refractivity contribution in [3.8, 4) is 17.9 Å². The smallest absolute Gasteiger partial charge is 0.130 e. The third-order valence-corrected chi connectivity index (χ3v) is 3.84. The van der Waals surface area contributed by atoms with Crippen molar-refractivity contribution in [2.45, 2.75) is 6.42 Å². The molecule has 1 N–H and O–H groups in total. The van der Waals surface area contributed by atoms with Gasteiger partial charge in [-0.1, -0.05) is 6.07 Å². The molecule has 0 aliphatic carbocycles. The van der Waals surface area contributed by atoms with Crippen LogP contribution in [0.15, 0.2) is 35.9 Å². The van der Waals surface area contributed by atoms with Crippen LogP contribution in [0.1, 0.15) is 12.0 Å². The molecular weight excluding hydrogens is 312 g/mol. The number of nitriles is 2. The van der Waals surface area contributed by atoms with E-state index in [4.69, 9.17) is 15.3 Å². The van der Waals surface area contributed by atoms with Gasteiger partial charge in [0.05, 0.1) is 6.61 Å². The predicted molar refractivity (Wildman–Crippen MR) is 102 cm³/mol. The topological polar surface area (TPSA) is 72.1 Å². The zero-order valence-corrected chi connectivity index (χ0v) is 14.8. The van der Waals surface area contributed by atoms with Crippen molar-refractivity contribution in [3.05, 3.63) is 41.5 Å². The van der Waals surface area contributed by atoms with Gasteiger partial charge < -0.3 is 15.0 Å². The number of hydrogen-bond donors (Lipinski definition) is 1. The van der Waals surface area contributed by atoms with Gasteiger partial charge >= 0.3 is 0 Å². The zero-order valence-electron chi connectivity index (χ0n) is 14.8. The van der Waals surface area contributed by atoms with Crippen molar-refractivity contribution >= 4 is 22.5 Å². The van der Waals surface area contributed by atoms with E-state index in [1.807, 2.05) is 62.4 Å². The maximum Gasteiger partial charge on any atom is 0.130 e. The SMILES string of the molecule is CNCCCOc1cc2cc(N(C)C)ccc2cc1C=C(C#N)C#N. The summed E-state index contributed by atoms with van der Waals surface area (Å²) in [5, 5.41) is 23.3. The van der Waals surface area contributed by atoms with E-state index in [1.165, 1.54) is 0 Å². The Morgan fingerprint density at radius 2 is 1.92 bits per heavy atom. The summed E-state index contributed by atoms with van der Waals surface area (Å²) < 4.78 is 5.92. The Balaban J connectivity index is 2.48. The molecule has 0 radical (unpaired) electrons. The van der Waals surface area contributed by atoms with Gasteiger partial charge in [-0.2, -0.15) is 10.5 Å². The lowest BCUT2D eigenvalue weighted by atomic mass is 10.0. The molecule has 0 atom stereocenters. The molecule has 0 unspecified atom stereocenters. The summed E-state index contributed by atoms with van der Waals surface area (Å²) in [5.41, 5.74) is 1.91. The second kappa shape index (κ2) is 8.73. The largest absolute Gasteiger partial charge is 0.493 e. The molecule has 0 heterocycles. The molecule has 5 nitrogen and oxygen atoms in total. The van der Waals surface area contributed by atoms with E-state index >= 15 is 0 Å². The first-order valence-corrected chi connectivity index (χ1v) is 8.13. The van der Waals surface area contributed by atoms with Crippen LogP contribution in [0, 0.1) is 22.7 Å². The molecule has 5 heteroatoms. The van der Waals surface area contributed by atoms with Gasteiger partial charge in [0, 0.05) is 25.3 Å². The average Bonchev–Trinajstić information content (AvgIpc) is 2.62. The number of benzene rings is 2. The van der Waals surface area contributed by atoms with Crippen LogP contribution in [-0.4, -0.2) is 34.3 Å². The second-order valence-electron chi connectivity index (χ2n) is 5.90. The number of nitrogens with zero attached hydrogens (tertiary/aromatic N) is 3. The summed E-state index contributed by atoms with van der Waals surface area (Å²) in [4.78, 5) is 2.05. The van der Waals surface area contributed by atoms with Gasteiger partial charge in [0.25, 0.3) is 0 Å². The van der Waals surface area contributed by atoms with Crippen molar-refractivity contribution in [2.75, 3.05) is 39.2 Å². The predicted octanol–water partition coefficient (Wildman–Crippen LogP) is 3.32. The van der Waals surface area contributed by atoms with Gasteiger partial charge in [-0.15, -0.1) is 0 Å². The van der Waals surface area contributed by atoms with Crippen molar-refractivity contribution in [1.29, 1.82) is 10.5 Å². The number of anilines is 1. The van der Waals surface area contributed by atoms with E-state index in [0.29, 0.717) is 12.4 Å². The third-order valence-electron chi connectivity index (χ3n) is 3.84. The number of fused-ring (bicyclic) bond motifs is 1. The molecule has 2 aromatic rings. The quantitative estimate of drug-likeness (QED) is 0.621. The first-order chi connectivity index (χ1) is 12.1. The van der Waals surface area contributed by atoms with Crippen molar-refractivity contribution in [3.63, 3.8) is 0 Å². The van der Waals surface area contributed by atoms with E-state index in [-0.39, 0.29) is 5.57 Å². The van der Waals surface area contributed by atoms with Gasteiger partial charge in [-0.25, -0.2) is 0 Å². The summed E-state index contributed by atoms with van der Waals surface area (Å²) in [5.74, 6) is 0.683. The summed E-state index contributed by atoms with van der Waals surface area (Å²) in [6.45, 7) is 1.43. The van der Waals surface area contributed by atoms with E-state index in [9.17, 15) is 0 Å². The molecule has 0 saturated heterocycles. The van der Waals surface area contributed by atoms with Crippen LogP contribution in [0.25, 0.3) is 16.8 Å². The summed E-state index contributed by atoms with van der Waals surface area (Å²) in [7, 11) is 5.90. The lowest BCUT2D eigenvalue weighted by molar-refractivity contribution is 0.309. The van der Waals surface area contributed by atoms with E-state index in [1.54, 1.807) is 6.08 Å². The fourth-order valence-corrected chi connectivity index (χ4v) is 2.47. The fourth-order valence-electron chi connectivity index (χ4n) is 2.47. The maximum atomic E-state index is 9.04. The molecule has 2 rings (SSSR count). The Bertz CT molecular complexity index is 840. The highest BCUT2D eigenvalue weighted by Crippen LogP contribution is 2.30. The lowest BCUT2D eigenvalue weighted by Crippen LogP contribution is -2.11. The van der Waals surface area contributed by atoms with Gasteiger partial charge in [0.15, 0.2) is 0 Å². The van der Waals surface area contributed by atoms with Crippen LogP contribution in [-0.2, 0) is 0 Å². The van der Waals surface area contributed by atoms with Crippen LogP contribution in [0.4, 0.5) is 5.69 Å². The molecule has 0 aliphatic rings. The van der Waals surface area contributed by atoms with Crippen LogP contribution < -0.4 is 15.0 Å². The van der Waals surface area contributed by atoms with E-state index < -0.39 is 0 Å². The first-order valence-electron chi connectivity index (χ1n) is 8.13. The molecule has 0 spiro atoms. The normalized spacial score (nSPS) is 9.96. The standard InChI is InChI=1S/C20H22N4O/c1-23-7-4-8-25-20-12-17-11-19(24(2)3)6-5-16(17)10-18(20)9-15(13-21)14-22/h5-6,9-12,23H,4,7-8H2,1-3H3. The molecule has 2 aromatic carbocycles. The highest BCUT2D eigenvalue weighted by molar-refractivity contribution is 5.90. The summed E-state index contributed by atoms with van der Waals surface area (Å²) in [6, 6.07) is 13.9. The van der Waals surface area contributed by atoms with Gasteiger partial charge in [-0.3, -0.25) is 0 Å². The Labute approximate surface area is 148 Å². The van der Waals surface area contributed by atoms with Crippen LogP contribution in [0.3, 0.4) is 0 Å². The molecule has 25 heavy (non-hydrogen) atoms. The molecule has 0 bridgehead atoms. The minimum Gasteiger partial charge on any atom is -0.493 e. The highest BCUT2D eigenvalue weighted by atomic mass is 16.5. The molecule has 0 aliphatic heterocycles. The van der Waals surface area contributed by atoms with Gasteiger partial charge in [0.2, 0.25) is 0 Å². The Morgan fingerprint density at radius 1 is 1.16 bits per heavy atom. The fraction of sp³-hybridized carbons (Fsp3) is 0.300. The number of nitrogens with one attached hydrogen (secondary N) is 1. The third kappa shape index (κ3) is 4.73. The lowest BCUT2D eigenvalue weighted by Gasteiger charge is -2.15. The van der Waals surface area contributed by atoms with Crippen molar-refractivity contribution < 1.29 is 4.74 Å². The average molecular weight is 334 g/mol. The van der Waals surface area contributed by atoms with Crippen molar-refractivity contribution in [2.24, 2.45) is 0 Å². The number of hydrogen-bond acceptors (Lipinski definition) is 5. The minimum atomic E-state index is 0.0596. The number of ether oxygens (including phenoxy) is 1. The highest BCUT2D eigenvalue weighted by Gasteiger charge is 2.08. The number of rotatable bonds is 7. The number of allylic oxidation sites excluding steroid dienone is 1. The van der Waals surface area contributed by atoms with E-state index in [2.05, 4.69) is 11.4 Å². The zero-order chi connectivity index (χ0) is 18.2. The Hall–Kier alpha value is -3.02. The molecular formula is C20H22N4O. The minimum absolute atomic E-state index is 0.0596. The molecule has 128 valence electrons. The Morgan fingerprint density at radius 3 is 2.56 bits per heavy atom. The van der Waals surface area contributed by atoms with E-state index in [0.717, 1.165) is 35.0 Å². The Kier molecular flexibility index (Phi) is 6.39. The van der Waals surface area contributed by atoms with Crippen LogP contribution >= 0.6 is 0 Å². The summed E-state index contributed by atoms with van der Waals surface area (Å²) in [6.07, 6.45) is 2.45. The van der Waals surface area contributed by atoms with Gasteiger partial charge in [0.1, 0.15) is 23.5 Å². The molecule has 0 amide bonds. The molecule has 0 aromatic heterocycles. The summed E-state index contributed by atoms with van der Waals surface area (Å²) >= 11 is 0. The first kappa shape index (κ1) is 18.3. The van der Waals surface area contributed by atoms with Crippen LogP contribution in [0.5, 0.6) is 5.75 Å².